The number of hydrogen-bond acceptors (Lipinski definition) is 3. The molecule has 1 aromatic carbocycles. The van der Waals surface area contributed by atoms with Crippen LogP contribution in [0.4, 0.5) is 10.1 Å². The van der Waals surface area contributed by atoms with Crippen molar-refractivity contribution in [3.8, 4) is 0 Å². The number of carbonyl (C=O) groups excluding carboxylic acids is 2. The van der Waals surface area contributed by atoms with Crippen LogP contribution in [0, 0.1) is 17.7 Å². The zero-order valence-electron chi connectivity index (χ0n) is 15.7. The first kappa shape index (κ1) is 18.3. The number of carbonyl (C=O) groups is 2. The van der Waals surface area contributed by atoms with Crippen molar-refractivity contribution in [2.24, 2.45) is 11.8 Å². The highest BCUT2D eigenvalue weighted by Crippen LogP contribution is 2.32. The number of piperazine rings is 1. The molecule has 1 heterocycles. The van der Waals surface area contributed by atoms with Crippen LogP contribution >= 0.6 is 0 Å². The average Bonchev–Trinajstić information content (AvgIpc) is 3.52. The van der Waals surface area contributed by atoms with Crippen LogP contribution in [0.15, 0.2) is 24.3 Å². The van der Waals surface area contributed by atoms with Gasteiger partial charge in [-0.2, -0.15) is 0 Å². The van der Waals surface area contributed by atoms with Gasteiger partial charge in [0.05, 0.1) is 5.69 Å². The highest BCUT2D eigenvalue weighted by atomic mass is 19.1. The zero-order chi connectivity index (χ0) is 18.8. The fourth-order valence-corrected chi connectivity index (χ4v) is 4.28. The quantitative estimate of drug-likeness (QED) is 0.883. The second-order valence-electron chi connectivity index (χ2n) is 8.10. The predicted octanol–water partition coefficient (Wildman–Crippen LogP) is 2.56. The fraction of sp³-hybridized carbons (Fsp3) is 0.619. The van der Waals surface area contributed by atoms with Gasteiger partial charge in [0.15, 0.2) is 0 Å². The average molecular weight is 373 g/mol. The molecule has 0 bridgehead atoms. The summed E-state index contributed by atoms with van der Waals surface area (Å²) in [6.45, 7) is 2.59. The third kappa shape index (κ3) is 4.25. The van der Waals surface area contributed by atoms with Gasteiger partial charge < -0.3 is 15.1 Å². The lowest BCUT2D eigenvalue weighted by molar-refractivity contribution is -0.138. The molecular formula is C21H28FN3O2. The van der Waals surface area contributed by atoms with E-state index in [1.54, 1.807) is 12.1 Å². The molecule has 0 spiro atoms. The molecule has 4 rings (SSSR count). The third-order valence-corrected chi connectivity index (χ3v) is 6.16. The number of nitrogens with one attached hydrogen (secondary N) is 1. The van der Waals surface area contributed by atoms with Gasteiger partial charge in [0.2, 0.25) is 11.8 Å². The van der Waals surface area contributed by atoms with Crippen molar-refractivity contribution in [1.82, 2.24) is 10.2 Å². The Bertz CT molecular complexity index is 690. The summed E-state index contributed by atoms with van der Waals surface area (Å²) in [4.78, 5) is 29.0. The molecule has 146 valence electrons. The summed E-state index contributed by atoms with van der Waals surface area (Å²) in [5, 5.41) is 3.09. The molecule has 2 aliphatic carbocycles. The summed E-state index contributed by atoms with van der Waals surface area (Å²) in [6, 6.07) is 7.21. The second kappa shape index (κ2) is 7.87. The standard InChI is InChI=1S/C21H28FN3O2/c22-18-3-1-2-4-19(18)24-11-13-25(14-12-24)21(27)16-7-5-15(6-8-16)20(26)23-17-9-10-17/h1-4,15-17H,5-14H2,(H,23,26). The molecule has 3 aliphatic rings. The van der Waals surface area contributed by atoms with Gasteiger partial charge in [-0.15, -0.1) is 0 Å². The summed E-state index contributed by atoms with van der Waals surface area (Å²) >= 11 is 0. The Labute approximate surface area is 159 Å². The lowest BCUT2D eigenvalue weighted by atomic mass is 9.81. The monoisotopic (exact) mass is 373 g/mol. The lowest BCUT2D eigenvalue weighted by Gasteiger charge is -2.38. The zero-order valence-corrected chi connectivity index (χ0v) is 15.7. The Balaban J connectivity index is 1.25. The van der Waals surface area contributed by atoms with Gasteiger partial charge in [-0.1, -0.05) is 12.1 Å². The first-order chi connectivity index (χ1) is 13.1. The van der Waals surface area contributed by atoms with E-state index in [1.807, 2.05) is 15.9 Å². The van der Waals surface area contributed by atoms with Crippen LogP contribution in [0.3, 0.4) is 0 Å². The minimum absolute atomic E-state index is 0.0370. The Kier molecular flexibility index (Phi) is 5.32. The molecule has 0 aromatic heterocycles. The number of rotatable bonds is 4. The predicted molar refractivity (Wildman–Crippen MR) is 102 cm³/mol. The molecule has 1 saturated heterocycles. The van der Waals surface area contributed by atoms with Gasteiger partial charge in [-0.3, -0.25) is 9.59 Å². The number of hydrogen-bond donors (Lipinski definition) is 1. The van der Waals surface area contributed by atoms with Gasteiger partial charge in [0.25, 0.3) is 0 Å². The SMILES string of the molecule is O=C(NC1CC1)C1CCC(C(=O)N2CCN(c3ccccc3F)CC2)CC1. The van der Waals surface area contributed by atoms with Gasteiger partial charge in [-0.25, -0.2) is 4.39 Å². The molecular weight excluding hydrogens is 345 g/mol. The normalized spacial score (nSPS) is 26.0. The molecule has 1 aromatic rings. The summed E-state index contributed by atoms with van der Waals surface area (Å²) in [5.74, 6) is 0.300. The number of benzene rings is 1. The molecule has 0 unspecified atom stereocenters. The van der Waals surface area contributed by atoms with Crippen molar-refractivity contribution in [2.45, 2.75) is 44.6 Å². The first-order valence-corrected chi connectivity index (χ1v) is 10.2. The summed E-state index contributed by atoms with van der Waals surface area (Å²) < 4.78 is 14.0. The third-order valence-electron chi connectivity index (χ3n) is 6.16. The van der Waals surface area contributed by atoms with Gasteiger partial charge in [-0.05, 0) is 50.7 Å². The van der Waals surface area contributed by atoms with E-state index in [0.29, 0.717) is 37.9 Å². The summed E-state index contributed by atoms with van der Waals surface area (Å²) in [7, 11) is 0. The Morgan fingerprint density at radius 1 is 0.889 bits per heavy atom. The number of para-hydroxylation sites is 1. The van der Waals surface area contributed by atoms with E-state index in [1.165, 1.54) is 6.07 Å². The second-order valence-corrected chi connectivity index (χ2v) is 8.10. The van der Waals surface area contributed by atoms with Crippen LogP contribution in [-0.4, -0.2) is 48.9 Å². The topological polar surface area (TPSA) is 52.7 Å². The molecule has 0 atom stereocenters. The molecule has 5 nitrogen and oxygen atoms in total. The molecule has 2 amide bonds. The Hall–Kier alpha value is -2.11. The Morgan fingerprint density at radius 3 is 2.15 bits per heavy atom. The van der Waals surface area contributed by atoms with Crippen molar-refractivity contribution in [1.29, 1.82) is 0 Å². The summed E-state index contributed by atoms with van der Waals surface area (Å²) in [6.07, 6.45) is 5.44. The van der Waals surface area contributed by atoms with Crippen LogP contribution in [0.2, 0.25) is 0 Å². The van der Waals surface area contributed by atoms with Crippen molar-refractivity contribution in [3.05, 3.63) is 30.1 Å². The van der Waals surface area contributed by atoms with Crippen molar-refractivity contribution in [2.75, 3.05) is 31.1 Å². The van der Waals surface area contributed by atoms with E-state index < -0.39 is 0 Å². The van der Waals surface area contributed by atoms with Crippen molar-refractivity contribution in [3.63, 3.8) is 0 Å². The molecule has 6 heteroatoms. The maximum absolute atomic E-state index is 14.0. The number of amides is 2. The largest absolute Gasteiger partial charge is 0.366 e. The minimum Gasteiger partial charge on any atom is -0.366 e. The molecule has 1 N–H and O–H groups in total. The Morgan fingerprint density at radius 2 is 1.52 bits per heavy atom. The van der Waals surface area contributed by atoms with Crippen LogP contribution in [0.1, 0.15) is 38.5 Å². The van der Waals surface area contributed by atoms with Gasteiger partial charge >= 0.3 is 0 Å². The first-order valence-electron chi connectivity index (χ1n) is 10.2. The van der Waals surface area contributed by atoms with E-state index in [0.717, 1.165) is 38.5 Å². The van der Waals surface area contributed by atoms with Gasteiger partial charge in [0, 0.05) is 44.1 Å². The van der Waals surface area contributed by atoms with Gasteiger partial charge in [0.1, 0.15) is 5.82 Å². The molecule has 27 heavy (non-hydrogen) atoms. The van der Waals surface area contributed by atoms with E-state index >= 15 is 0 Å². The number of anilines is 1. The molecule has 3 fully saturated rings. The highest BCUT2D eigenvalue weighted by Gasteiger charge is 2.35. The molecule has 1 aliphatic heterocycles. The number of halogens is 1. The lowest BCUT2D eigenvalue weighted by Crippen LogP contribution is -2.51. The van der Waals surface area contributed by atoms with Crippen LogP contribution in [-0.2, 0) is 9.59 Å². The van der Waals surface area contributed by atoms with Crippen molar-refractivity contribution < 1.29 is 14.0 Å². The van der Waals surface area contributed by atoms with E-state index in [-0.39, 0.29) is 29.5 Å². The molecule has 2 saturated carbocycles. The summed E-state index contributed by atoms with van der Waals surface area (Å²) in [5.41, 5.74) is 0.617. The smallest absolute Gasteiger partial charge is 0.225 e. The highest BCUT2D eigenvalue weighted by molar-refractivity contribution is 5.81. The van der Waals surface area contributed by atoms with Crippen molar-refractivity contribution >= 4 is 17.5 Å². The molecule has 0 radical (unpaired) electrons. The van der Waals surface area contributed by atoms with E-state index in [2.05, 4.69) is 5.32 Å². The van der Waals surface area contributed by atoms with Crippen LogP contribution in [0.25, 0.3) is 0 Å². The van der Waals surface area contributed by atoms with E-state index in [9.17, 15) is 14.0 Å². The van der Waals surface area contributed by atoms with Crippen LogP contribution < -0.4 is 10.2 Å². The maximum atomic E-state index is 14.0. The van der Waals surface area contributed by atoms with Crippen LogP contribution in [0.5, 0.6) is 0 Å². The van der Waals surface area contributed by atoms with E-state index in [4.69, 9.17) is 0 Å². The fourth-order valence-electron chi connectivity index (χ4n) is 4.28. The maximum Gasteiger partial charge on any atom is 0.225 e. The minimum atomic E-state index is -0.208. The number of nitrogens with zero attached hydrogens (tertiary/aromatic N) is 2.